The number of pyridine rings is 1. The van der Waals surface area contributed by atoms with E-state index in [0.717, 1.165) is 11.6 Å². The summed E-state index contributed by atoms with van der Waals surface area (Å²) in [4.78, 5) is 32.5. The lowest BCUT2D eigenvalue weighted by Gasteiger charge is -2.35. The molecule has 2 aromatic rings. The van der Waals surface area contributed by atoms with Crippen LogP contribution >= 0.6 is 0 Å². The zero-order chi connectivity index (χ0) is 21.6. The zero-order valence-corrected chi connectivity index (χ0v) is 17.5. The van der Waals surface area contributed by atoms with Gasteiger partial charge in [-0.3, -0.25) is 0 Å². The average molecular weight is 426 g/mol. The molecule has 1 N–H and O–H groups in total. The van der Waals surface area contributed by atoms with Gasteiger partial charge in [-0.2, -0.15) is 0 Å². The van der Waals surface area contributed by atoms with Crippen molar-refractivity contribution in [3.05, 3.63) is 48.2 Å². The van der Waals surface area contributed by atoms with E-state index >= 15 is 0 Å². The van der Waals surface area contributed by atoms with Crippen LogP contribution in [0.3, 0.4) is 0 Å². The van der Waals surface area contributed by atoms with Crippen LogP contribution in [0, 0.1) is 0 Å². The third-order valence-electron chi connectivity index (χ3n) is 5.20. The lowest BCUT2D eigenvalue weighted by atomic mass is 10.2. The fourth-order valence-electron chi connectivity index (χ4n) is 3.52. The Labute approximate surface area is 180 Å². The van der Waals surface area contributed by atoms with E-state index in [9.17, 15) is 9.59 Å². The van der Waals surface area contributed by atoms with Gasteiger partial charge in [0, 0.05) is 32.4 Å². The predicted octanol–water partition coefficient (Wildman–Crippen LogP) is 1.93. The van der Waals surface area contributed by atoms with Crippen molar-refractivity contribution >= 4 is 17.8 Å². The van der Waals surface area contributed by atoms with Crippen molar-refractivity contribution in [3.8, 4) is 11.5 Å². The number of para-hydroxylation sites is 2. The van der Waals surface area contributed by atoms with Crippen LogP contribution in [-0.4, -0.2) is 73.9 Å². The van der Waals surface area contributed by atoms with Gasteiger partial charge in [0.15, 0.2) is 17.6 Å². The number of nitrogens with zero attached hydrogens (tertiary/aromatic N) is 3. The number of hydrogen-bond donors (Lipinski definition) is 1. The highest BCUT2D eigenvalue weighted by Gasteiger charge is 2.25. The molecule has 1 fully saturated rings. The van der Waals surface area contributed by atoms with E-state index < -0.39 is 0 Å². The van der Waals surface area contributed by atoms with E-state index in [4.69, 9.17) is 14.2 Å². The number of carbonyl (C=O) groups excluding carboxylic acids is 2. The Kier molecular flexibility index (Phi) is 6.40. The molecule has 0 bridgehead atoms. The van der Waals surface area contributed by atoms with Crippen molar-refractivity contribution in [2.45, 2.75) is 13.0 Å². The average Bonchev–Trinajstić information content (AvgIpc) is 2.83. The summed E-state index contributed by atoms with van der Waals surface area (Å²) in [6.45, 7) is 5.37. The summed E-state index contributed by atoms with van der Waals surface area (Å²) in [6, 6.07) is 10.9. The number of piperazine rings is 1. The van der Waals surface area contributed by atoms with Crippen molar-refractivity contribution < 1.29 is 23.8 Å². The molecule has 9 nitrogen and oxygen atoms in total. The summed E-state index contributed by atoms with van der Waals surface area (Å²) in [6.07, 6.45) is 1.30. The second-order valence-electron chi connectivity index (χ2n) is 7.28. The van der Waals surface area contributed by atoms with Crippen LogP contribution in [-0.2, 0) is 4.74 Å². The maximum atomic E-state index is 12.5. The highest BCUT2D eigenvalue weighted by Crippen LogP contribution is 2.30. The van der Waals surface area contributed by atoms with E-state index in [-0.39, 0.29) is 18.1 Å². The SMILES string of the molecule is CCOC(=O)c1ccc(N2CCN(C(=O)NCC3COc4ccccc4O3)CC2)nc1. The van der Waals surface area contributed by atoms with Crippen LogP contribution in [0.1, 0.15) is 17.3 Å². The Morgan fingerprint density at radius 3 is 2.61 bits per heavy atom. The first kappa shape index (κ1) is 20.8. The minimum absolute atomic E-state index is 0.118. The van der Waals surface area contributed by atoms with E-state index in [1.807, 2.05) is 24.3 Å². The highest BCUT2D eigenvalue weighted by molar-refractivity contribution is 5.89. The zero-order valence-electron chi connectivity index (χ0n) is 17.5. The monoisotopic (exact) mass is 426 g/mol. The fraction of sp³-hybridized carbons (Fsp3) is 0.409. The second kappa shape index (κ2) is 9.55. The number of hydrogen-bond acceptors (Lipinski definition) is 7. The Balaban J connectivity index is 1.22. The molecule has 2 aliphatic rings. The largest absolute Gasteiger partial charge is 0.486 e. The van der Waals surface area contributed by atoms with Crippen molar-refractivity contribution in [1.29, 1.82) is 0 Å². The number of fused-ring (bicyclic) bond motifs is 1. The molecule has 0 aliphatic carbocycles. The van der Waals surface area contributed by atoms with E-state index in [2.05, 4.69) is 15.2 Å². The Morgan fingerprint density at radius 1 is 1.13 bits per heavy atom. The maximum Gasteiger partial charge on any atom is 0.339 e. The van der Waals surface area contributed by atoms with Gasteiger partial charge in [0.25, 0.3) is 0 Å². The summed E-state index contributed by atoms with van der Waals surface area (Å²) >= 11 is 0. The molecular formula is C22H26N4O5. The van der Waals surface area contributed by atoms with Crippen molar-refractivity contribution in [2.75, 3.05) is 50.8 Å². The molecule has 1 saturated heterocycles. The van der Waals surface area contributed by atoms with Gasteiger partial charge in [-0.15, -0.1) is 0 Å². The second-order valence-corrected chi connectivity index (χ2v) is 7.28. The van der Waals surface area contributed by atoms with Crippen LogP contribution < -0.4 is 19.7 Å². The number of anilines is 1. The topological polar surface area (TPSA) is 93.2 Å². The molecule has 2 amide bonds. The summed E-state index contributed by atoms with van der Waals surface area (Å²) in [5.74, 6) is 1.83. The quantitative estimate of drug-likeness (QED) is 0.730. The van der Waals surface area contributed by atoms with E-state index in [1.54, 1.807) is 24.0 Å². The van der Waals surface area contributed by atoms with Gasteiger partial charge < -0.3 is 29.3 Å². The fourth-order valence-corrected chi connectivity index (χ4v) is 3.52. The van der Waals surface area contributed by atoms with Crippen LogP contribution in [0.4, 0.5) is 10.6 Å². The number of aromatic nitrogens is 1. The molecule has 1 atom stereocenters. The molecule has 0 radical (unpaired) electrons. The molecule has 0 saturated carbocycles. The first-order valence-electron chi connectivity index (χ1n) is 10.4. The van der Waals surface area contributed by atoms with Crippen molar-refractivity contribution in [2.24, 2.45) is 0 Å². The first-order chi connectivity index (χ1) is 15.1. The summed E-state index contributed by atoms with van der Waals surface area (Å²) in [5, 5.41) is 2.94. The molecule has 1 aromatic carbocycles. The Bertz CT molecular complexity index is 912. The van der Waals surface area contributed by atoms with Crippen LogP contribution in [0.2, 0.25) is 0 Å². The molecule has 1 aromatic heterocycles. The van der Waals surface area contributed by atoms with E-state index in [1.165, 1.54) is 6.20 Å². The van der Waals surface area contributed by atoms with Crippen molar-refractivity contribution in [3.63, 3.8) is 0 Å². The minimum atomic E-state index is -0.376. The number of ether oxygens (including phenoxy) is 3. The lowest BCUT2D eigenvalue weighted by Crippen LogP contribution is -2.53. The smallest absolute Gasteiger partial charge is 0.339 e. The number of amides is 2. The molecule has 0 spiro atoms. The Hall–Kier alpha value is -3.49. The molecule has 9 heteroatoms. The third-order valence-corrected chi connectivity index (χ3v) is 5.20. The van der Waals surface area contributed by atoms with E-state index in [0.29, 0.717) is 57.3 Å². The molecule has 164 valence electrons. The van der Waals surface area contributed by atoms with Crippen LogP contribution in [0.5, 0.6) is 11.5 Å². The normalized spacial score (nSPS) is 17.8. The molecule has 1 unspecified atom stereocenters. The maximum absolute atomic E-state index is 12.5. The third kappa shape index (κ3) is 4.99. The van der Waals surface area contributed by atoms with Gasteiger partial charge in [0.2, 0.25) is 0 Å². The summed E-state index contributed by atoms with van der Waals surface area (Å²) < 4.78 is 16.5. The first-order valence-corrected chi connectivity index (χ1v) is 10.4. The number of benzene rings is 1. The van der Waals surface area contributed by atoms with Gasteiger partial charge in [-0.05, 0) is 31.2 Å². The number of esters is 1. The van der Waals surface area contributed by atoms with Gasteiger partial charge >= 0.3 is 12.0 Å². The molecule has 31 heavy (non-hydrogen) atoms. The molecule has 3 heterocycles. The Morgan fingerprint density at radius 2 is 1.90 bits per heavy atom. The van der Waals surface area contributed by atoms with Gasteiger partial charge in [0.05, 0.1) is 18.7 Å². The van der Waals surface area contributed by atoms with Crippen molar-refractivity contribution in [1.82, 2.24) is 15.2 Å². The number of carbonyl (C=O) groups is 2. The number of nitrogens with one attached hydrogen (secondary N) is 1. The molecule has 4 rings (SSSR count). The minimum Gasteiger partial charge on any atom is -0.486 e. The summed E-state index contributed by atoms with van der Waals surface area (Å²) in [7, 11) is 0. The highest BCUT2D eigenvalue weighted by atomic mass is 16.6. The van der Waals surface area contributed by atoms with Gasteiger partial charge in [-0.1, -0.05) is 12.1 Å². The van der Waals surface area contributed by atoms with Gasteiger partial charge in [0.1, 0.15) is 12.4 Å². The summed E-state index contributed by atoms with van der Waals surface area (Å²) in [5.41, 5.74) is 0.431. The standard InChI is InChI=1S/C22H26N4O5/c1-2-29-21(27)16-7-8-20(23-13-16)25-9-11-26(12-10-25)22(28)24-14-17-15-30-18-5-3-4-6-19(18)31-17/h3-8,13,17H,2,9-12,14-15H2,1H3,(H,24,28). The van der Waals surface area contributed by atoms with Crippen LogP contribution in [0.15, 0.2) is 42.6 Å². The predicted molar refractivity (Wildman–Crippen MR) is 114 cm³/mol. The van der Waals surface area contributed by atoms with Crippen LogP contribution in [0.25, 0.3) is 0 Å². The van der Waals surface area contributed by atoms with Gasteiger partial charge in [-0.25, -0.2) is 14.6 Å². The number of urea groups is 1. The number of rotatable bonds is 5. The lowest BCUT2D eigenvalue weighted by molar-refractivity contribution is 0.0526. The molecular weight excluding hydrogens is 400 g/mol. The molecule has 2 aliphatic heterocycles.